The SMILES string of the molecule is COc1ccc(C2=C(C#N)N=C(C)C(C)O2)cc1. The lowest BCUT2D eigenvalue weighted by molar-refractivity contribution is 0.239. The Morgan fingerprint density at radius 2 is 2.00 bits per heavy atom. The van der Waals surface area contributed by atoms with Gasteiger partial charge in [-0.2, -0.15) is 5.26 Å². The predicted molar refractivity (Wildman–Crippen MR) is 69.2 cm³/mol. The predicted octanol–water partition coefficient (Wildman–Crippen LogP) is 2.77. The van der Waals surface area contributed by atoms with Crippen molar-refractivity contribution in [1.29, 1.82) is 5.26 Å². The van der Waals surface area contributed by atoms with Gasteiger partial charge in [-0.1, -0.05) is 0 Å². The van der Waals surface area contributed by atoms with E-state index in [1.807, 2.05) is 38.1 Å². The summed E-state index contributed by atoms with van der Waals surface area (Å²) in [6.45, 7) is 3.77. The molecule has 0 aromatic heterocycles. The Morgan fingerprint density at radius 1 is 1.33 bits per heavy atom. The summed E-state index contributed by atoms with van der Waals surface area (Å²) in [6.07, 6.45) is -0.112. The van der Waals surface area contributed by atoms with E-state index in [1.165, 1.54) is 0 Å². The maximum atomic E-state index is 9.11. The minimum atomic E-state index is -0.112. The van der Waals surface area contributed by atoms with E-state index in [9.17, 15) is 0 Å². The number of hydrogen-bond acceptors (Lipinski definition) is 4. The van der Waals surface area contributed by atoms with Crippen molar-refractivity contribution in [2.75, 3.05) is 7.11 Å². The van der Waals surface area contributed by atoms with Gasteiger partial charge in [0.15, 0.2) is 11.5 Å². The average molecular weight is 242 g/mol. The van der Waals surface area contributed by atoms with Crippen LogP contribution in [0.4, 0.5) is 0 Å². The monoisotopic (exact) mass is 242 g/mol. The number of rotatable bonds is 2. The van der Waals surface area contributed by atoms with Gasteiger partial charge >= 0.3 is 0 Å². The molecular weight excluding hydrogens is 228 g/mol. The molecule has 0 fully saturated rings. The number of methoxy groups -OCH3 is 1. The first-order valence-corrected chi connectivity index (χ1v) is 5.66. The number of benzene rings is 1. The van der Waals surface area contributed by atoms with Crippen LogP contribution in [0, 0.1) is 11.3 Å². The van der Waals surface area contributed by atoms with Crippen molar-refractivity contribution in [2.45, 2.75) is 20.0 Å². The highest BCUT2D eigenvalue weighted by Crippen LogP contribution is 2.28. The third-order valence-electron chi connectivity index (χ3n) is 2.84. The van der Waals surface area contributed by atoms with Crippen LogP contribution in [0.2, 0.25) is 0 Å². The molecule has 0 saturated heterocycles. The Morgan fingerprint density at radius 3 is 2.56 bits per heavy atom. The number of aliphatic imine (C=N–C) groups is 1. The molecule has 0 saturated carbocycles. The second-order valence-electron chi connectivity index (χ2n) is 4.03. The smallest absolute Gasteiger partial charge is 0.183 e. The molecular formula is C14H14N2O2. The van der Waals surface area contributed by atoms with Crippen molar-refractivity contribution in [3.8, 4) is 11.8 Å². The molecule has 1 aliphatic heterocycles. The molecule has 18 heavy (non-hydrogen) atoms. The number of hydrogen-bond donors (Lipinski definition) is 0. The average Bonchev–Trinajstić information content (AvgIpc) is 2.41. The van der Waals surface area contributed by atoms with Crippen molar-refractivity contribution in [2.24, 2.45) is 4.99 Å². The molecule has 0 spiro atoms. The first-order valence-electron chi connectivity index (χ1n) is 5.66. The molecule has 0 N–H and O–H groups in total. The number of allylic oxidation sites excluding steroid dienone is 1. The van der Waals surface area contributed by atoms with Gasteiger partial charge in [-0.25, -0.2) is 4.99 Å². The molecule has 4 heteroatoms. The van der Waals surface area contributed by atoms with Gasteiger partial charge in [0.1, 0.15) is 17.9 Å². The van der Waals surface area contributed by atoms with E-state index >= 15 is 0 Å². The van der Waals surface area contributed by atoms with Gasteiger partial charge in [0.2, 0.25) is 0 Å². The van der Waals surface area contributed by atoms with E-state index in [-0.39, 0.29) is 6.10 Å². The molecule has 1 aromatic carbocycles. The Balaban J connectivity index is 2.44. The van der Waals surface area contributed by atoms with Gasteiger partial charge in [0.05, 0.1) is 12.8 Å². The van der Waals surface area contributed by atoms with Crippen molar-refractivity contribution in [3.63, 3.8) is 0 Å². The fourth-order valence-corrected chi connectivity index (χ4v) is 1.66. The van der Waals surface area contributed by atoms with E-state index in [2.05, 4.69) is 11.1 Å². The summed E-state index contributed by atoms with van der Waals surface area (Å²) in [5, 5.41) is 9.11. The van der Waals surface area contributed by atoms with Crippen LogP contribution in [0.3, 0.4) is 0 Å². The number of nitrogens with zero attached hydrogens (tertiary/aromatic N) is 2. The maximum Gasteiger partial charge on any atom is 0.183 e. The van der Waals surface area contributed by atoms with E-state index in [1.54, 1.807) is 7.11 Å². The first-order chi connectivity index (χ1) is 8.65. The lowest BCUT2D eigenvalue weighted by atomic mass is 10.1. The largest absolute Gasteiger partial charge is 0.497 e. The molecule has 1 aromatic rings. The summed E-state index contributed by atoms with van der Waals surface area (Å²) < 4.78 is 10.8. The molecule has 1 aliphatic rings. The molecule has 1 unspecified atom stereocenters. The van der Waals surface area contributed by atoms with E-state index < -0.39 is 0 Å². The summed E-state index contributed by atoms with van der Waals surface area (Å²) in [6, 6.07) is 9.44. The minimum Gasteiger partial charge on any atom is -0.497 e. The lowest BCUT2D eigenvalue weighted by Gasteiger charge is -2.22. The molecule has 4 nitrogen and oxygen atoms in total. The molecule has 0 bridgehead atoms. The summed E-state index contributed by atoms with van der Waals surface area (Å²) in [5.74, 6) is 1.29. The van der Waals surface area contributed by atoms with Crippen molar-refractivity contribution in [3.05, 3.63) is 35.5 Å². The second-order valence-corrected chi connectivity index (χ2v) is 4.03. The molecule has 2 rings (SSSR count). The summed E-state index contributed by atoms with van der Waals surface area (Å²) in [4.78, 5) is 4.26. The Labute approximate surface area is 106 Å². The van der Waals surface area contributed by atoms with Crippen LogP contribution >= 0.6 is 0 Å². The Hall–Kier alpha value is -2.28. The quantitative estimate of drug-likeness (QED) is 0.801. The van der Waals surface area contributed by atoms with Crippen molar-refractivity contribution < 1.29 is 9.47 Å². The third kappa shape index (κ3) is 2.21. The van der Waals surface area contributed by atoms with E-state index in [4.69, 9.17) is 14.7 Å². The van der Waals surface area contributed by atoms with Crippen LogP contribution in [-0.4, -0.2) is 18.9 Å². The van der Waals surface area contributed by atoms with E-state index in [0.717, 1.165) is 17.0 Å². The zero-order valence-corrected chi connectivity index (χ0v) is 10.6. The van der Waals surface area contributed by atoms with Gasteiger partial charge < -0.3 is 9.47 Å². The zero-order valence-electron chi connectivity index (χ0n) is 10.6. The van der Waals surface area contributed by atoms with Gasteiger partial charge in [0.25, 0.3) is 0 Å². The molecule has 0 radical (unpaired) electrons. The van der Waals surface area contributed by atoms with Crippen LogP contribution in [0.25, 0.3) is 5.76 Å². The highest BCUT2D eigenvalue weighted by molar-refractivity contribution is 5.91. The lowest BCUT2D eigenvalue weighted by Crippen LogP contribution is -2.21. The summed E-state index contributed by atoms with van der Waals surface area (Å²) in [5.41, 5.74) is 1.95. The van der Waals surface area contributed by atoms with Crippen LogP contribution in [-0.2, 0) is 4.74 Å². The van der Waals surface area contributed by atoms with Crippen molar-refractivity contribution >= 4 is 11.5 Å². The second kappa shape index (κ2) is 4.92. The van der Waals surface area contributed by atoms with Crippen LogP contribution in [0.5, 0.6) is 5.75 Å². The first kappa shape index (κ1) is 12.2. The Bertz CT molecular complexity index is 550. The fraction of sp³-hybridized carbons (Fsp3) is 0.286. The van der Waals surface area contributed by atoms with Crippen LogP contribution in [0.15, 0.2) is 35.0 Å². The molecule has 0 amide bonds. The fourth-order valence-electron chi connectivity index (χ4n) is 1.66. The molecule has 1 atom stereocenters. The van der Waals surface area contributed by atoms with Crippen LogP contribution < -0.4 is 4.74 Å². The molecule has 92 valence electrons. The maximum absolute atomic E-state index is 9.11. The standard InChI is InChI=1S/C14H14N2O2/c1-9-10(2)18-14(13(8-15)16-9)11-4-6-12(17-3)7-5-11/h4-7,10H,1-3H3. The highest BCUT2D eigenvalue weighted by atomic mass is 16.5. The molecule has 0 aliphatic carbocycles. The topological polar surface area (TPSA) is 54.6 Å². The summed E-state index contributed by atoms with van der Waals surface area (Å²) >= 11 is 0. The van der Waals surface area contributed by atoms with E-state index in [0.29, 0.717) is 11.5 Å². The normalized spacial score (nSPS) is 18.8. The van der Waals surface area contributed by atoms with Gasteiger partial charge in [-0.3, -0.25) is 0 Å². The van der Waals surface area contributed by atoms with Gasteiger partial charge in [-0.05, 0) is 38.1 Å². The van der Waals surface area contributed by atoms with Crippen molar-refractivity contribution in [1.82, 2.24) is 0 Å². The molecule has 1 heterocycles. The zero-order chi connectivity index (χ0) is 13.1. The summed E-state index contributed by atoms with van der Waals surface area (Å²) in [7, 11) is 1.61. The van der Waals surface area contributed by atoms with Crippen LogP contribution in [0.1, 0.15) is 19.4 Å². The Kier molecular flexibility index (Phi) is 3.33. The van der Waals surface area contributed by atoms with Gasteiger partial charge in [-0.15, -0.1) is 0 Å². The minimum absolute atomic E-state index is 0.112. The van der Waals surface area contributed by atoms with Gasteiger partial charge in [0, 0.05) is 5.56 Å². The number of nitriles is 1. The third-order valence-corrected chi connectivity index (χ3v) is 2.84. The number of ether oxygens (including phenoxy) is 2. The highest BCUT2D eigenvalue weighted by Gasteiger charge is 2.21.